The Morgan fingerprint density at radius 1 is 0.633 bits per heavy atom. The normalized spacial score (nSPS) is 11.3. The van der Waals surface area contributed by atoms with Crippen molar-refractivity contribution in [1.29, 1.82) is 0 Å². The molecule has 0 heterocycles. The minimum atomic E-state index is -1.29. The van der Waals surface area contributed by atoms with Gasteiger partial charge in [-0.25, -0.2) is 9.59 Å². The van der Waals surface area contributed by atoms with Crippen molar-refractivity contribution in [3.8, 4) is 0 Å². The van der Waals surface area contributed by atoms with E-state index in [-0.39, 0.29) is 19.8 Å². The molecule has 30 heavy (non-hydrogen) atoms. The van der Waals surface area contributed by atoms with Gasteiger partial charge >= 0.3 is 12.1 Å². The molecule has 1 atom stereocenters. The number of ether oxygens (including phenoxy) is 3. The molecule has 0 saturated carbocycles. The zero-order valence-corrected chi connectivity index (χ0v) is 16.4. The highest BCUT2D eigenvalue weighted by Crippen LogP contribution is 2.07. The van der Waals surface area contributed by atoms with Crippen molar-refractivity contribution in [2.24, 2.45) is 0 Å². The first-order valence-corrected chi connectivity index (χ1v) is 9.54. The van der Waals surface area contributed by atoms with Crippen LogP contribution in [-0.2, 0) is 38.8 Å². The molecule has 3 aromatic rings. The van der Waals surface area contributed by atoms with Crippen molar-refractivity contribution in [1.82, 2.24) is 5.32 Å². The standard InChI is InChI=1S/C24H23NO5/c26-23(29-17-20-12-6-2-7-13-20)22(28-16-19-10-4-1-5-11-19)25-24(27)30-18-21-14-8-3-9-15-21/h1-15,22H,16-18H2,(H,25,27)/t22-/m1/s1. The van der Waals surface area contributed by atoms with Crippen LogP contribution in [0.15, 0.2) is 91.0 Å². The average Bonchev–Trinajstić information content (AvgIpc) is 2.81. The number of hydrogen-bond acceptors (Lipinski definition) is 5. The van der Waals surface area contributed by atoms with Gasteiger partial charge in [0.2, 0.25) is 6.23 Å². The molecule has 0 radical (unpaired) electrons. The summed E-state index contributed by atoms with van der Waals surface area (Å²) < 4.78 is 16.1. The molecule has 0 aliphatic rings. The van der Waals surface area contributed by atoms with Crippen molar-refractivity contribution in [2.75, 3.05) is 0 Å². The van der Waals surface area contributed by atoms with E-state index in [0.29, 0.717) is 0 Å². The zero-order chi connectivity index (χ0) is 21.0. The number of benzene rings is 3. The first-order valence-electron chi connectivity index (χ1n) is 9.54. The first kappa shape index (κ1) is 21.1. The number of hydrogen-bond donors (Lipinski definition) is 1. The topological polar surface area (TPSA) is 73.9 Å². The SMILES string of the molecule is O=C(N[C@H](OCc1ccccc1)C(=O)OCc1ccccc1)OCc1ccccc1. The maximum atomic E-state index is 12.5. The summed E-state index contributed by atoms with van der Waals surface area (Å²) >= 11 is 0. The van der Waals surface area contributed by atoms with E-state index >= 15 is 0 Å². The highest BCUT2D eigenvalue weighted by molar-refractivity contribution is 5.80. The average molecular weight is 405 g/mol. The lowest BCUT2D eigenvalue weighted by Gasteiger charge is -2.18. The summed E-state index contributed by atoms with van der Waals surface area (Å²) in [6.45, 7) is 0.285. The van der Waals surface area contributed by atoms with Gasteiger partial charge in [0, 0.05) is 0 Å². The van der Waals surface area contributed by atoms with Gasteiger partial charge in [0.1, 0.15) is 13.2 Å². The Labute approximate surface area is 175 Å². The van der Waals surface area contributed by atoms with E-state index in [1.165, 1.54) is 0 Å². The molecule has 0 bridgehead atoms. The van der Waals surface area contributed by atoms with Gasteiger partial charge in [0.05, 0.1) is 6.61 Å². The molecule has 0 aromatic heterocycles. The van der Waals surface area contributed by atoms with Crippen LogP contribution in [0.2, 0.25) is 0 Å². The Balaban J connectivity index is 1.57. The second-order valence-corrected chi connectivity index (χ2v) is 6.48. The van der Waals surface area contributed by atoms with Gasteiger partial charge in [-0.15, -0.1) is 0 Å². The van der Waals surface area contributed by atoms with Gasteiger partial charge in [0.15, 0.2) is 0 Å². The fourth-order valence-electron chi connectivity index (χ4n) is 2.60. The quantitative estimate of drug-likeness (QED) is 0.427. The monoisotopic (exact) mass is 405 g/mol. The smallest absolute Gasteiger partial charge is 0.409 e. The van der Waals surface area contributed by atoms with Gasteiger partial charge in [-0.1, -0.05) is 91.0 Å². The minimum absolute atomic E-state index is 0.0750. The Morgan fingerprint density at radius 2 is 1.07 bits per heavy atom. The largest absolute Gasteiger partial charge is 0.457 e. The highest BCUT2D eigenvalue weighted by atomic mass is 16.6. The van der Waals surface area contributed by atoms with Crippen LogP contribution in [0.5, 0.6) is 0 Å². The third kappa shape index (κ3) is 7.07. The molecule has 0 fully saturated rings. The zero-order valence-electron chi connectivity index (χ0n) is 16.4. The van der Waals surface area contributed by atoms with Crippen molar-refractivity contribution in [2.45, 2.75) is 26.0 Å². The van der Waals surface area contributed by atoms with Crippen LogP contribution in [0.1, 0.15) is 16.7 Å². The van der Waals surface area contributed by atoms with E-state index in [4.69, 9.17) is 14.2 Å². The summed E-state index contributed by atoms with van der Waals surface area (Å²) in [4.78, 5) is 24.7. The lowest BCUT2D eigenvalue weighted by Crippen LogP contribution is -2.43. The maximum Gasteiger partial charge on any atom is 0.409 e. The second kappa shape index (κ2) is 11.4. The molecule has 0 spiro atoms. The van der Waals surface area contributed by atoms with E-state index in [0.717, 1.165) is 16.7 Å². The molecule has 3 aromatic carbocycles. The van der Waals surface area contributed by atoms with Crippen LogP contribution in [0.3, 0.4) is 0 Å². The van der Waals surface area contributed by atoms with Crippen molar-refractivity contribution >= 4 is 12.1 Å². The Kier molecular flexibility index (Phi) is 8.00. The number of amides is 1. The molecule has 6 nitrogen and oxygen atoms in total. The molecular formula is C24H23NO5. The van der Waals surface area contributed by atoms with E-state index in [1.54, 1.807) is 0 Å². The Bertz CT molecular complexity index is 916. The van der Waals surface area contributed by atoms with Crippen molar-refractivity contribution < 1.29 is 23.8 Å². The highest BCUT2D eigenvalue weighted by Gasteiger charge is 2.24. The van der Waals surface area contributed by atoms with Crippen LogP contribution in [0.25, 0.3) is 0 Å². The molecule has 0 aliphatic heterocycles. The number of rotatable bonds is 9. The number of carbonyl (C=O) groups excluding carboxylic acids is 2. The number of nitrogens with one attached hydrogen (secondary N) is 1. The summed E-state index contributed by atoms with van der Waals surface area (Å²) in [5.74, 6) is -0.702. The molecule has 0 unspecified atom stereocenters. The van der Waals surface area contributed by atoms with Gasteiger partial charge in [0.25, 0.3) is 0 Å². The molecule has 1 amide bonds. The fourth-order valence-corrected chi connectivity index (χ4v) is 2.60. The van der Waals surface area contributed by atoms with Crippen LogP contribution in [-0.4, -0.2) is 18.3 Å². The Hall–Kier alpha value is -3.64. The second-order valence-electron chi connectivity index (χ2n) is 6.48. The molecular weight excluding hydrogens is 382 g/mol. The van der Waals surface area contributed by atoms with Crippen molar-refractivity contribution in [3.05, 3.63) is 108 Å². The van der Waals surface area contributed by atoms with E-state index in [9.17, 15) is 9.59 Å². The van der Waals surface area contributed by atoms with Gasteiger partial charge in [-0.2, -0.15) is 0 Å². The molecule has 1 N–H and O–H groups in total. The minimum Gasteiger partial charge on any atom is -0.457 e. The summed E-state index contributed by atoms with van der Waals surface area (Å²) in [6, 6.07) is 27.9. The Morgan fingerprint density at radius 3 is 1.57 bits per heavy atom. The lowest BCUT2D eigenvalue weighted by molar-refractivity contribution is -0.161. The van der Waals surface area contributed by atoms with E-state index in [1.807, 2.05) is 91.0 Å². The first-order chi connectivity index (χ1) is 14.7. The summed E-state index contributed by atoms with van der Waals surface area (Å²) in [6.07, 6.45) is -2.06. The van der Waals surface area contributed by atoms with Gasteiger partial charge < -0.3 is 14.2 Å². The maximum absolute atomic E-state index is 12.5. The van der Waals surface area contributed by atoms with E-state index < -0.39 is 18.3 Å². The molecule has 6 heteroatoms. The van der Waals surface area contributed by atoms with Crippen LogP contribution in [0, 0.1) is 0 Å². The summed E-state index contributed by atoms with van der Waals surface area (Å²) in [7, 11) is 0. The predicted octanol–water partition coefficient (Wildman–Crippen LogP) is 4.20. The third-order valence-electron chi connectivity index (χ3n) is 4.16. The number of esters is 1. The van der Waals surface area contributed by atoms with Gasteiger partial charge in [-0.05, 0) is 16.7 Å². The number of alkyl carbamates (subject to hydrolysis) is 1. The molecule has 0 aliphatic carbocycles. The fraction of sp³-hybridized carbons (Fsp3) is 0.167. The van der Waals surface area contributed by atoms with Crippen LogP contribution < -0.4 is 5.32 Å². The van der Waals surface area contributed by atoms with Crippen molar-refractivity contribution in [3.63, 3.8) is 0 Å². The number of carbonyl (C=O) groups is 2. The lowest BCUT2D eigenvalue weighted by atomic mass is 10.2. The molecule has 154 valence electrons. The third-order valence-corrected chi connectivity index (χ3v) is 4.16. The summed E-state index contributed by atoms with van der Waals surface area (Å²) in [5.41, 5.74) is 2.53. The van der Waals surface area contributed by atoms with Crippen LogP contribution in [0.4, 0.5) is 4.79 Å². The van der Waals surface area contributed by atoms with E-state index in [2.05, 4.69) is 5.32 Å². The molecule has 0 saturated heterocycles. The van der Waals surface area contributed by atoms with Gasteiger partial charge in [-0.3, -0.25) is 5.32 Å². The van der Waals surface area contributed by atoms with Crippen LogP contribution >= 0.6 is 0 Å². The summed E-state index contributed by atoms with van der Waals surface area (Å²) in [5, 5.41) is 2.44. The predicted molar refractivity (Wildman–Crippen MR) is 111 cm³/mol. The molecule has 3 rings (SSSR count).